The Morgan fingerprint density at radius 1 is 1.53 bits per heavy atom. The van der Waals surface area contributed by atoms with Gasteiger partial charge in [-0.1, -0.05) is 0 Å². The van der Waals surface area contributed by atoms with E-state index < -0.39 is 10.0 Å². The first-order valence-electron chi connectivity index (χ1n) is 5.53. The number of carbonyl (C=O) groups is 1. The maximum atomic E-state index is 12.0. The van der Waals surface area contributed by atoms with Crippen molar-refractivity contribution in [2.75, 3.05) is 31.0 Å². The molecule has 2 atom stereocenters. The molecule has 2 fully saturated rings. The number of amides is 1. The molecule has 2 rings (SSSR count). The minimum Gasteiger partial charge on any atom is -0.340 e. The van der Waals surface area contributed by atoms with Crippen LogP contribution in [0.3, 0.4) is 0 Å². The van der Waals surface area contributed by atoms with Gasteiger partial charge in [0.2, 0.25) is 15.9 Å². The number of nitrogens with one attached hydrogen (secondary N) is 2. The van der Waals surface area contributed by atoms with Crippen molar-refractivity contribution in [3.8, 4) is 0 Å². The predicted molar refractivity (Wildman–Crippen MR) is 67.2 cm³/mol. The number of likely N-dealkylation sites (tertiary alicyclic amines) is 1. The van der Waals surface area contributed by atoms with E-state index in [-0.39, 0.29) is 18.0 Å². The molecule has 2 N–H and O–H groups in total. The molecule has 0 aromatic rings. The summed E-state index contributed by atoms with van der Waals surface area (Å²) in [6.07, 6.45) is 1.84. The zero-order valence-electron chi connectivity index (χ0n) is 9.68. The average Bonchev–Trinajstić information content (AvgIpc) is 2.83. The Labute approximate surface area is 106 Å². The Hall–Kier alpha value is -0.310. The molecule has 0 radical (unpaired) electrons. The van der Waals surface area contributed by atoms with E-state index in [4.69, 9.17) is 0 Å². The molecule has 0 aromatic heterocycles. The number of thioether (sulfide) groups is 1. The summed E-state index contributed by atoms with van der Waals surface area (Å²) in [5.41, 5.74) is 0. The molecule has 0 aliphatic carbocycles. The highest BCUT2D eigenvalue weighted by Crippen LogP contribution is 2.16. The van der Waals surface area contributed by atoms with Crippen LogP contribution < -0.4 is 10.0 Å². The van der Waals surface area contributed by atoms with E-state index in [1.807, 2.05) is 0 Å². The Morgan fingerprint density at radius 2 is 2.29 bits per heavy atom. The molecule has 0 saturated carbocycles. The van der Waals surface area contributed by atoms with Crippen LogP contribution in [0.25, 0.3) is 0 Å². The minimum atomic E-state index is -3.18. The van der Waals surface area contributed by atoms with Gasteiger partial charge in [-0.05, 0) is 6.42 Å². The van der Waals surface area contributed by atoms with Gasteiger partial charge in [-0.25, -0.2) is 13.1 Å². The van der Waals surface area contributed by atoms with Crippen LogP contribution in [0.15, 0.2) is 0 Å². The Kier molecular flexibility index (Phi) is 3.96. The molecule has 0 bridgehead atoms. The minimum absolute atomic E-state index is 0.0906. The third-order valence-corrected chi connectivity index (χ3v) is 4.60. The summed E-state index contributed by atoms with van der Waals surface area (Å²) in [5.74, 6) is 1.71. The van der Waals surface area contributed by atoms with Gasteiger partial charge >= 0.3 is 0 Å². The molecular formula is C9H17N3O3S2. The van der Waals surface area contributed by atoms with Crippen LogP contribution in [0, 0.1) is 0 Å². The SMILES string of the molecule is CS(=O)(=O)NC1CCN(C(=O)C2CSCN2)C1. The van der Waals surface area contributed by atoms with Crippen LogP contribution in [0.1, 0.15) is 6.42 Å². The van der Waals surface area contributed by atoms with Gasteiger partial charge in [0.15, 0.2) is 0 Å². The van der Waals surface area contributed by atoms with Crippen LogP contribution >= 0.6 is 11.8 Å². The fraction of sp³-hybridized carbons (Fsp3) is 0.889. The molecule has 2 aliphatic heterocycles. The Morgan fingerprint density at radius 3 is 2.88 bits per heavy atom. The first kappa shape index (κ1) is 13.1. The first-order valence-corrected chi connectivity index (χ1v) is 8.57. The van der Waals surface area contributed by atoms with Crippen LogP contribution in [0.4, 0.5) is 0 Å². The Balaban J connectivity index is 1.87. The standard InChI is InChI=1S/C9H17N3O3S2/c1-17(14,15)11-7-2-3-12(4-7)9(13)8-5-16-6-10-8/h7-8,10-11H,2-6H2,1H3. The maximum Gasteiger partial charge on any atom is 0.240 e. The van der Waals surface area contributed by atoms with E-state index in [2.05, 4.69) is 10.0 Å². The summed E-state index contributed by atoms with van der Waals surface area (Å²) in [7, 11) is -3.18. The van der Waals surface area contributed by atoms with Crippen molar-refractivity contribution >= 4 is 27.7 Å². The van der Waals surface area contributed by atoms with Crippen molar-refractivity contribution in [1.29, 1.82) is 0 Å². The molecule has 1 amide bonds. The highest BCUT2D eigenvalue weighted by atomic mass is 32.2. The van der Waals surface area contributed by atoms with E-state index >= 15 is 0 Å². The summed E-state index contributed by atoms with van der Waals surface area (Å²) in [6.45, 7) is 1.11. The lowest BCUT2D eigenvalue weighted by Gasteiger charge is -2.20. The van der Waals surface area contributed by atoms with Gasteiger partial charge in [0, 0.05) is 30.8 Å². The summed E-state index contributed by atoms with van der Waals surface area (Å²) in [6, 6.07) is -0.236. The molecule has 6 nitrogen and oxygen atoms in total. The van der Waals surface area contributed by atoms with Gasteiger partial charge in [-0.2, -0.15) is 0 Å². The topological polar surface area (TPSA) is 78.5 Å². The smallest absolute Gasteiger partial charge is 0.240 e. The zero-order valence-corrected chi connectivity index (χ0v) is 11.3. The zero-order chi connectivity index (χ0) is 12.5. The normalized spacial score (nSPS) is 29.8. The second-order valence-corrected chi connectivity index (χ2v) is 7.24. The number of hydrogen-bond acceptors (Lipinski definition) is 5. The maximum absolute atomic E-state index is 12.0. The summed E-state index contributed by atoms with van der Waals surface area (Å²) < 4.78 is 24.7. The predicted octanol–water partition coefficient (Wildman–Crippen LogP) is -1.20. The molecule has 2 heterocycles. The van der Waals surface area contributed by atoms with E-state index in [1.54, 1.807) is 16.7 Å². The average molecular weight is 279 g/mol. The van der Waals surface area contributed by atoms with Gasteiger partial charge in [0.25, 0.3) is 0 Å². The number of nitrogens with zero attached hydrogens (tertiary/aromatic N) is 1. The molecular weight excluding hydrogens is 262 g/mol. The highest BCUT2D eigenvalue weighted by Gasteiger charge is 2.33. The van der Waals surface area contributed by atoms with Crippen molar-refractivity contribution in [2.24, 2.45) is 0 Å². The van der Waals surface area contributed by atoms with Crippen molar-refractivity contribution in [2.45, 2.75) is 18.5 Å². The van der Waals surface area contributed by atoms with Gasteiger partial charge in [-0.15, -0.1) is 11.8 Å². The molecule has 98 valence electrons. The lowest BCUT2D eigenvalue weighted by Crippen LogP contribution is -2.45. The number of hydrogen-bond donors (Lipinski definition) is 2. The van der Waals surface area contributed by atoms with Crippen molar-refractivity contribution in [3.63, 3.8) is 0 Å². The van der Waals surface area contributed by atoms with Crippen molar-refractivity contribution in [1.82, 2.24) is 14.9 Å². The third-order valence-electron chi connectivity index (χ3n) is 2.90. The molecule has 0 aromatic carbocycles. The third kappa shape index (κ3) is 3.57. The second-order valence-electron chi connectivity index (χ2n) is 4.43. The molecule has 2 aliphatic rings. The van der Waals surface area contributed by atoms with E-state index in [0.717, 1.165) is 17.9 Å². The monoisotopic (exact) mass is 279 g/mol. The number of rotatable bonds is 3. The first-order chi connectivity index (χ1) is 7.96. The summed E-state index contributed by atoms with van der Waals surface area (Å²) in [4.78, 5) is 13.8. The quantitative estimate of drug-likeness (QED) is 0.678. The summed E-state index contributed by atoms with van der Waals surface area (Å²) >= 11 is 1.71. The summed E-state index contributed by atoms with van der Waals surface area (Å²) in [5, 5.41) is 3.13. The molecule has 0 spiro atoms. The van der Waals surface area contributed by atoms with Crippen molar-refractivity contribution in [3.05, 3.63) is 0 Å². The van der Waals surface area contributed by atoms with Gasteiger partial charge in [0.1, 0.15) is 0 Å². The van der Waals surface area contributed by atoms with E-state index in [1.165, 1.54) is 0 Å². The lowest BCUT2D eigenvalue weighted by atomic mass is 10.3. The highest BCUT2D eigenvalue weighted by molar-refractivity contribution is 7.99. The van der Waals surface area contributed by atoms with Crippen LogP contribution in [-0.2, 0) is 14.8 Å². The van der Waals surface area contributed by atoms with E-state index in [0.29, 0.717) is 19.5 Å². The fourth-order valence-corrected chi connectivity index (χ4v) is 3.86. The van der Waals surface area contributed by atoms with Gasteiger partial charge < -0.3 is 4.90 Å². The molecule has 2 saturated heterocycles. The molecule has 17 heavy (non-hydrogen) atoms. The molecule has 8 heteroatoms. The molecule has 2 unspecified atom stereocenters. The lowest BCUT2D eigenvalue weighted by molar-refractivity contribution is -0.131. The van der Waals surface area contributed by atoms with Gasteiger partial charge in [0.05, 0.1) is 12.3 Å². The van der Waals surface area contributed by atoms with Crippen molar-refractivity contribution < 1.29 is 13.2 Å². The van der Waals surface area contributed by atoms with Crippen LogP contribution in [-0.4, -0.2) is 62.3 Å². The fourth-order valence-electron chi connectivity index (χ4n) is 2.13. The van der Waals surface area contributed by atoms with E-state index in [9.17, 15) is 13.2 Å². The van der Waals surface area contributed by atoms with Gasteiger partial charge in [-0.3, -0.25) is 10.1 Å². The number of sulfonamides is 1. The van der Waals surface area contributed by atoms with Crippen LogP contribution in [0.2, 0.25) is 0 Å². The number of carbonyl (C=O) groups excluding carboxylic acids is 1. The second kappa shape index (κ2) is 5.13. The van der Waals surface area contributed by atoms with Crippen LogP contribution in [0.5, 0.6) is 0 Å². The Bertz CT molecular complexity index is 392. The largest absolute Gasteiger partial charge is 0.340 e.